The van der Waals surface area contributed by atoms with Crippen molar-refractivity contribution in [3.63, 3.8) is 0 Å². The van der Waals surface area contributed by atoms with Crippen molar-refractivity contribution in [1.82, 2.24) is 4.57 Å². The Balaban J connectivity index is 1.33. The molecule has 0 amide bonds. The third-order valence-electron chi connectivity index (χ3n) is 11.3. The SMILES string of the molecule is N[C@H](Cc1cccc(-n2c3cc(-c4ccccc4)ccc3c3ccc4c(c32)C(c2ccccc2)(c2ccccc2)c2ccccc2-4)c1)c1ccccc1. The number of aromatic nitrogens is 1. The average Bonchev–Trinajstić information content (AvgIpc) is 3.73. The summed E-state index contributed by atoms with van der Waals surface area (Å²) in [7, 11) is 0. The smallest absolute Gasteiger partial charge is 0.0734 e. The average molecular weight is 679 g/mol. The number of benzene rings is 8. The highest BCUT2D eigenvalue weighted by atomic mass is 15.0. The van der Waals surface area contributed by atoms with Crippen LogP contribution >= 0.6 is 0 Å². The van der Waals surface area contributed by atoms with Gasteiger partial charge in [-0.15, -0.1) is 0 Å². The third-order valence-corrected chi connectivity index (χ3v) is 11.3. The highest BCUT2D eigenvalue weighted by Crippen LogP contribution is 2.59. The topological polar surface area (TPSA) is 30.9 Å². The van der Waals surface area contributed by atoms with E-state index in [0.29, 0.717) is 0 Å². The van der Waals surface area contributed by atoms with Gasteiger partial charge in [0.05, 0.1) is 16.4 Å². The Bertz CT molecular complexity index is 2710. The molecule has 1 aliphatic rings. The minimum absolute atomic E-state index is 0.100. The molecule has 0 spiro atoms. The van der Waals surface area contributed by atoms with Crippen molar-refractivity contribution in [3.05, 3.63) is 234 Å². The van der Waals surface area contributed by atoms with Crippen LogP contribution in [0.3, 0.4) is 0 Å². The number of fused-ring (bicyclic) bond motifs is 7. The Labute approximate surface area is 310 Å². The van der Waals surface area contributed by atoms with Crippen LogP contribution in [-0.4, -0.2) is 4.57 Å². The van der Waals surface area contributed by atoms with E-state index in [2.05, 4.69) is 199 Å². The fraction of sp³-hybridized carbons (Fsp3) is 0.0588. The van der Waals surface area contributed by atoms with Gasteiger partial charge in [-0.05, 0) is 74.7 Å². The lowest BCUT2D eigenvalue weighted by molar-refractivity contribution is 0.721. The predicted molar refractivity (Wildman–Crippen MR) is 221 cm³/mol. The molecule has 1 aromatic heterocycles. The van der Waals surface area contributed by atoms with E-state index in [1.54, 1.807) is 0 Å². The van der Waals surface area contributed by atoms with E-state index in [1.807, 2.05) is 6.07 Å². The van der Waals surface area contributed by atoms with Gasteiger partial charge in [0, 0.05) is 28.1 Å². The van der Waals surface area contributed by atoms with Crippen molar-refractivity contribution >= 4 is 21.8 Å². The van der Waals surface area contributed by atoms with Crippen molar-refractivity contribution in [2.24, 2.45) is 5.73 Å². The first-order chi connectivity index (χ1) is 26.2. The van der Waals surface area contributed by atoms with Crippen LogP contribution in [0.4, 0.5) is 0 Å². The minimum Gasteiger partial charge on any atom is -0.324 e. The van der Waals surface area contributed by atoms with E-state index in [4.69, 9.17) is 5.73 Å². The van der Waals surface area contributed by atoms with Crippen molar-refractivity contribution in [2.45, 2.75) is 17.9 Å². The lowest BCUT2D eigenvalue weighted by Gasteiger charge is -2.34. The van der Waals surface area contributed by atoms with Gasteiger partial charge in [-0.1, -0.05) is 182 Å². The summed E-state index contributed by atoms with van der Waals surface area (Å²) in [5, 5.41) is 2.48. The van der Waals surface area contributed by atoms with Crippen LogP contribution in [0.15, 0.2) is 200 Å². The Hall–Kier alpha value is -6.48. The van der Waals surface area contributed by atoms with Crippen LogP contribution in [0.2, 0.25) is 0 Å². The molecule has 0 aliphatic heterocycles. The molecule has 8 aromatic carbocycles. The van der Waals surface area contributed by atoms with Crippen molar-refractivity contribution in [2.75, 3.05) is 0 Å². The third kappa shape index (κ3) is 4.91. The van der Waals surface area contributed by atoms with E-state index in [9.17, 15) is 0 Å². The summed E-state index contributed by atoms with van der Waals surface area (Å²) < 4.78 is 2.54. The molecule has 53 heavy (non-hydrogen) atoms. The maximum absolute atomic E-state index is 6.84. The predicted octanol–water partition coefficient (Wildman–Crippen LogP) is 12.1. The molecule has 0 radical (unpaired) electrons. The molecule has 2 nitrogen and oxygen atoms in total. The largest absolute Gasteiger partial charge is 0.324 e. The number of hydrogen-bond acceptors (Lipinski definition) is 1. The highest BCUT2D eigenvalue weighted by molar-refractivity contribution is 6.14. The number of nitrogens with two attached hydrogens (primary N) is 1. The van der Waals surface area contributed by atoms with Gasteiger partial charge in [-0.2, -0.15) is 0 Å². The maximum atomic E-state index is 6.84. The second-order valence-electron chi connectivity index (χ2n) is 14.2. The molecule has 1 heterocycles. The van der Waals surface area contributed by atoms with Gasteiger partial charge in [-0.25, -0.2) is 0 Å². The molecular weight excluding hydrogens is 641 g/mol. The summed E-state index contributed by atoms with van der Waals surface area (Å²) in [6.45, 7) is 0. The zero-order chi connectivity index (χ0) is 35.4. The van der Waals surface area contributed by atoms with Gasteiger partial charge >= 0.3 is 0 Å². The molecule has 1 aliphatic carbocycles. The van der Waals surface area contributed by atoms with Gasteiger partial charge < -0.3 is 10.3 Å². The summed E-state index contributed by atoms with van der Waals surface area (Å²) in [4.78, 5) is 0. The van der Waals surface area contributed by atoms with Gasteiger partial charge in [0.15, 0.2) is 0 Å². The highest BCUT2D eigenvalue weighted by Gasteiger charge is 2.48. The standard InChI is InChI=1S/C51H38N2/c52-47(37-19-7-2-8-20-37)33-35-16-15-25-41(32-35)53-48-34-38(36-17-5-1-6-18-36)28-29-43(48)45-31-30-44-42-26-13-14-27-46(42)51(49(44)50(45)53,39-21-9-3-10-22-39)40-23-11-4-12-24-40/h1-32,34,47H,33,52H2/t47-/m1/s1. The summed E-state index contributed by atoms with van der Waals surface area (Å²) >= 11 is 0. The Morgan fingerprint density at radius 2 is 1.11 bits per heavy atom. The van der Waals surface area contributed by atoms with E-state index in [-0.39, 0.29) is 6.04 Å². The molecule has 2 N–H and O–H groups in total. The van der Waals surface area contributed by atoms with E-state index in [0.717, 1.165) is 17.7 Å². The molecule has 2 heteroatoms. The summed E-state index contributed by atoms with van der Waals surface area (Å²) in [6, 6.07) is 73.0. The van der Waals surface area contributed by atoms with Crippen LogP contribution in [0, 0.1) is 0 Å². The summed E-state index contributed by atoms with van der Waals surface area (Å²) in [5.41, 5.74) is 22.3. The Morgan fingerprint density at radius 1 is 0.491 bits per heavy atom. The van der Waals surface area contributed by atoms with E-state index < -0.39 is 5.41 Å². The first-order valence-corrected chi connectivity index (χ1v) is 18.5. The van der Waals surface area contributed by atoms with Gasteiger partial charge in [0.1, 0.15) is 0 Å². The summed E-state index contributed by atoms with van der Waals surface area (Å²) in [6.07, 6.45) is 0.742. The first-order valence-electron chi connectivity index (χ1n) is 18.5. The first kappa shape index (κ1) is 31.3. The van der Waals surface area contributed by atoms with Crippen molar-refractivity contribution < 1.29 is 0 Å². The number of rotatable bonds is 7. The van der Waals surface area contributed by atoms with Crippen molar-refractivity contribution in [1.29, 1.82) is 0 Å². The molecule has 0 unspecified atom stereocenters. The Morgan fingerprint density at radius 3 is 1.83 bits per heavy atom. The molecule has 0 bridgehead atoms. The van der Waals surface area contributed by atoms with Gasteiger partial charge in [0.25, 0.3) is 0 Å². The lowest BCUT2D eigenvalue weighted by atomic mass is 9.67. The molecule has 0 fully saturated rings. The lowest BCUT2D eigenvalue weighted by Crippen LogP contribution is -2.29. The molecule has 9 aromatic rings. The molecular formula is C51H38N2. The Kier molecular flexibility index (Phi) is 7.45. The van der Waals surface area contributed by atoms with Gasteiger partial charge in [0.2, 0.25) is 0 Å². The van der Waals surface area contributed by atoms with E-state index in [1.165, 1.54) is 71.9 Å². The van der Waals surface area contributed by atoms with E-state index >= 15 is 0 Å². The molecule has 1 atom stereocenters. The number of nitrogens with zero attached hydrogens (tertiary/aromatic N) is 1. The summed E-state index contributed by atoms with van der Waals surface area (Å²) in [5.74, 6) is 0. The van der Waals surface area contributed by atoms with Gasteiger partial charge in [-0.3, -0.25) is 0 Å². The molecule has 0 saturated heterocycles. The van der Waals surface area contributed by atoms with Crippen LogP contribution in [0.25, 0.3) is 49.7 Å². The molecule has 0 saturated carbocycles. The second-order valence-corrected chi connectivity index (χ2v) is 14.2. The van der Waals surface area contributed by atoms with Crippen molar-refractivity contribution in [3.8, 4) is 27.9 Å². The maximum Gasteiger partial charge on any atom is 0.0734 e. The minimum atomic E-state index is -0.546. The fourth-order valence-electron chi connectivity index (χ4n) is 9.00. The number of hydrogen-bond donors (Lipinski definition) is 1. The quantitative estimate of drug-likeness (QED) is 0.179. The molecule has 252 valence electrons. The zero-order valence-corrected chi connectivity index (χ0v) is 29.4. The fourth-order valence-corrected chi connectivity index (χ4v) is 9.00. The van der Waals surface area contributed by atoms with Crippen LogP contribution < -0.4 is 5.73 Å². The second kappa shape index (κ2) is 12.6. The van der Waals surface area contributed by atoms with Crippen LogP contribution in [0.5, 0.6) is 0 Å². The monoisotopic (exact) mass is 678 g/mol. The normalized spacial score (nSPS) is 13.5. The van der Waals surface area contributed by atoms with Crippen LogP contribution in [-0.2, 0) is 11.8 Å². The molecule has 10 rings (SSSR count). The zero-order valence-electron chi connectivity index (χ0n) is 29.4. The van der Waals surface area contributed by atoms with Crippen LogP contribution in [0.1, 0.15) is 39.4 Å².